The van der Waals surface area contributed by atoms with Crippen LogP contribution in [0.3, 0.4) is 0 Å². The normalized spacial score (nSPS) is 36.9. The smallest absolute Gasteiger partial charge is 0.415 e. The zero-order chi connectivity index (χ0) is 18.4. The summed E-state index contributed by atoms with van der Waals surface area (Å²) in [4.78, 5) is 15.2. The van der Waals surface area contributed by atoms with Crippen LogP contribution in [0, 0.1) is 23.7 Å². The Morgan fingerprint density at radius 2 is 1.64 bits per heavy atom. The fraction of sp³-hybridized carbons (Fsp3) is 0.400. The quantitative estimate of drug-likeness (QED) is 0.729. The van der Waals surface area contributed by atoms with Crippen LogP contribution in [-0.2, 0) is 11.2 Å². The predicted octanol–water partition coefficient (Wildman–Crippen LogP) is 5.19. The molecule has 2 aromatic rings. The van der Waals surface area contributed by atoms with Crippen LogP contribution in [0.5, 0.6) is 0 Å². The fourth-order valence-electron chi connectivity index (χ4n) is 7.09. The third kappa shape index (κ3) is 1.78. The van der Waals surface area contributed by atoms with Gasteiger partial charge < -0.3 is 4.74 Å². The minimum absolute atomic E-state index is 0.106. The molecule has 2 bridgehead atoms. The average molecular weight is 369 g/mol. The minimum Gasteiger partial charge on any atom is -0.439 e. The Hall–Kier alpha value is -2.55. The number of allylic oxidation sites excluding steroid dienone is 2. The van der Waals surface area contributed by atoms with Gasteiger partial charge >= 0.3 is 6.09 Å². The first-order valence-corrected chi connectivity index (χ1v) is 10.7. The summed E-state index contributed by atoms with van der Waals surface area (Å²) < 4.78 is 5.95. The van der Waals surface area contributed by atoms with Gasteiger partial charge in [-0.15, -0.1) is 0 Å². The van der Waals surface area contributed by atoms with Crippen molar-refractivity contribution in [2.45, 2.75) is 37.8 Å². The maximum absolute atomic E-state index is 13.1. The molecule has 0 spiro atoms. The van der Waals surface area contributed by atoms with E-state index in [9.17, 15) is 4.79 Å². The van der Waals surface area contributed by atoms with Gasteiger partial charge in [-0.1, -0.05) is 54.6 Å². The van der Waals surface area contributed by atoms with Gasteiger partial charge in [-0.05, 0) is 65.7 Å². The number of fused-ring (bicyclic) bond motifs is 8. The highest BCUT2D eigenvalue weighted by Crippen LogP contribution is 2.67. The van der Waals surface area contributed by atoms with Gasteiger partial charge in [-0.3, -0.25) is 4.90 Å². The molecule has 4 aliphatic carbocycles. The molecule has 3 nitrogen and oxygen atoms in total. The molecule has 7 rings (SSSR count). The van der Waals surface area contributed by atoms with Crippen LogP contribution in [0.25, 0.3) is 5.57 Å². The maximum Gasteiger partial charge on any atom is 0.415 e. The van der Waals surface area contributed by atoms with Crippen LogP contribution < -0.4 is 0 Å². The molecule has 1 aliphatic heterocycles. The summed E-state index contributed by atoms with van der Waals surface area (Å²) in [7, 11) is 0. The predicted molar refractivity (Wildman–Crippen MR) is 106 cm³/mol. The molecule has 3 fully saturated rings. The first kappa shape index (κ1) is 15.4. The van der Waals surface area contributed by atoms with Gasteiger partial charge in [0.15, 0.2) is 6.10 Å². The van der Waals surface area contributed by atoms with Gasteiger partial charge in [0, 0.05) is 11.6 Å². The van der Waals surface area contributed by atoms with Crippen LogP contribution in [0.15, 0.2) is 60.3 Å². The molecule has 1 amide bonds. The van der Waals surface area contributed by atoms with Gasteiger partial charge in [-0.25, -0.2) is 4.79 Å². The highest BCUT2D eigenvalue weighted by atomic mass is 16.6. The molecule has 5 aliphatic rings. The lowest BCUT2D eigenvalue weighted by Crippen LogP contribution is -2.46. The lowest BCUT2D eigenvalue weighted by Gasteiger charge is -2.48. The molecule has 2 aromatic carbocycles. The summed E-state index contributed by atoms with van der Waals surface area (Å²) >= 11 is 0. The number of carbonyl (C=O) groups excluding carboxylic acids is 1. The number of nitrogens with zero attached hydrogens (tertiary/aromatic N) is 1. The van der Waals surface area contributed by atoms with Crippen molar-refractivity contribution in [1.29, 1.82) is 0 Å². The molecule has 1 saturated heterocycles. The standard InChI is InChI=1S/C25H23NO2/c27-25-26(19-13-15-8-4-5-9-18(15)24(19)28-25)23-21(14-6-2-1-3-7-14)20-16-10-11-17(12-16)22(20)23/h1-9,16-17,19-20,22,24H,10-13H2/t16-,17+,19+,20-,22-,24-/m1/s1. The summed E-state index contributed by atoms with van der Waals surface area (Å²) in [6.07, 6.45) is 4.70. The van der Waals surface area contributed by atoms with Gasteiger partial charge in [0.25, 0.3) is 0 Å². The Morgan fingerprint density at radius 3 is 2.50 bits per heavy atom. The van der Waals surface area contributed by atoms with E-state index in [-0.39, 0.29) is 18.2 Å². The number of amides is 1. The van der Waals surface area contributed by atoms with Crippen molar-refractivity contribution in [3.05, 3.63) is 77.0 Å². The van der Waals surface area contributed by atoms with Gasteiger partial charge in [0.1, 0.15) is 0 Å². The summed E-state index contributed by atoms with van der Waals surface area (Å²) in [5, 5.41) is 0. The summed E-state index contributed by atoms with van der Waals surface area (Å²) in [5.41, 5.74) is 6.58. The number of hydrogen-bond acceptors (Lipinski definition) is 2. The Kier molecular flexibility index (Phi) is 2.90. The molecular formula is C25H23NO2. The molecular weight excluding hydrogens is 346 g/mol. The largest absolute Gasteiger partial charge is 0.439 e. The number of carbonyl (C=O) groups is 1. The SMILES string of the molecule is O=C1O[C@@H]2c3ccccc3C[C@@H]2N1C1=C(c2ccccc2)[C@H]2[C@@H]3CC[C@@H](C3)[C@@H]12. The third-order valence-corrected chi connectivity index (χ3v) is 8.08. The first-order chi connectivity index (χ1) is 13.8. The number of rotatable bonds is 2. The van der Waals surface area contributed by atoms with Crippen LogP contribution in [0.1, 0.15) is 42.1 Å². The number of ether oxygens (including phenoxy) is 1. The van der Waals surface area contributed by atoms with E-state index < -0.39 is 0 Å². The van der Waals surface area contributed by atoms with Crippen LogP contribution in [0.4, 0.5) is 4.79 Å². The van der Waals surface area contributed by atoms with Crippen molar-refractivity contribution in [2.24, 2.45) is 23.7 Å². The van der Waals surface area contributed by atoms with Gasteiger partial charge in [0.05, 0.1) is 6.04 Å². The van der Waals surface area contributed by atoms with Crippen LogP contribution >= 0.6 is 0 Å². The van der Waals surface area contributed by atoms with E-state index in [4.69, 9.17) is 4.74 Å². The summed E-state index contributed by atoms with van der Waals surface area (Å²) in [6.45, 7) is 0. The Morgan fingerprint density at radius 1 is 0.893 bits per heavy atom. The van der Waals surface area contributed by atoms with Crippen molar-refractivity contribution in [3.63, 3.8) is 0 Å². The highest BCUT2D eigenvalue weighted by molar-refractivity contribution is 5.85. The zero-order valence-corrected chi connectivity index (χ0v) is 15.8. The van der Waals surface area contributed by atoms with Gasteiger partial charge in [-0.2, -0.15) is 0 Å². The molecule has 0 unspecified atom stereocenters. The molecule has 6 atom stereocenters. The van der Waals surface area contributed by atoms with Crippen molar-refractivity contribution in [3.8, 4) is 0 Å². The van der Waals surface area contributed by atoms with Crippen LogP contribution in [-0.4, -0.2) is 17.0 Å². The second-order valence-electron chi connectivity index (χ2n) is 9.19. The molecule has 0 aromatic heterocycles. The van der Waals surface area contributed by atoms with Gasteiger partial charge in [0.2, 0.25) is 0 Å². The van der Waals surface area contributed by atoms with E-state index in [1.807, 2.05) is 0 Å². The van der Waals surface area contributed by atoms with Crippen molar-refractivity contribution < 1.29 is 9.53 Å². The zero-order valence-electron chi connectivity index (χ0n) is 15.8. The maximum atomic E-state index is 13.1. The second-order valence-corrected chi connectivity index (χ2v) is 9.19. The van der Waals surface area contributed by atoms with Crippen molar-refractivity contribution >= 4 is 11.7 Å². The van der Waals surface area contributed by atoms with Crippen LogP contribution in [0.2, 0.25) is 0 Å². The van der Waals surface area contributed by atoms with E-state index in [2.05, 4.69) is 59.5 Å². The molecule has 0 radical (unpaired) electrons. The topological polar surface area (TPSA) is 29.5 Å². The fourth-order valence-corrected chi connectivity index (χ4v) is 7.09. The molecule has 2 saturated carbocycles. The van der Waals surface area contributed by atoms with Crippen molar-refractivity contribution in [1.82, 2.24) is 4.90 Å². The Labute approximate surface area is 165 Å². The highest BCUT2D eigenvalue weighted by Gasteiger charge is 2.62. The van der Waals surface area contributed by atoms with Crippen molar-refractivity contribution in [2.75, 3.05) is 0 Å². The molecule has 28 heavy (non-hydrogen) atoms. The Balaban J connectivity index is 1.37. The lowest BCUT2D eigenvalue weighted by molar-refractivity contribution is 0.131. The second kappa shape index (κ2) is 5.28. The third-order valence-electron chi connectivity index (χ3n) is 8.08. The Bertz CT molecular complexity index is 1030. The average Bonchev–Trinajstić information content (AvgIpc) is 3.43. The van der Waals surface area contributed by atoms with E-state index in [0.29, 0.717) is 11.8 Å². The van der Waals surface area contributed by atoms with E-state index in [1.54, 1.807) is 0 Å². The minimum atomic E-state index is -0.130. The molecule has 3 heteroatoms. The molecule has 1 heterocycles. The molecule has 0 N–H and O–H groups in total. The number of hydrogen-bond donors (Lipinski definition) is 0. The van der Waals surface area contributed by atoms with E-state index in [0.717, 1.165) is 18.3 Å². The number of benzene rings is 2. The summed E-state index contributed by atoms with van der Waals surface area (Å²) in [6, 6.07) is 19.4. The first-order valence-electron chi connectivity index (χ1n) is 10.7. The molecule has 140 valence electrons. The van der Waals surface area contributed by atoms with E-state index >= 15 is 0 Å². The lowest BCUT2D eigenvalue weighted by atomic mass is 9.61. The monoisotopic (exact) mass is 369 g/mol. The summed E-state index contributed by atoms with van der Waals surface area (Å²) in [5.74, 6) is 2.77. The van der Waals surface area contributed by atoms with E-state index in [1.165, 1.54) is 47.2 Å².